The number of hydrogen-bond acceptors (Lipinski definition) is 12. The summed E-state index contributed by atoms with van der Waals surface area (Å²) in [6.07, 6.45) is 6.29. The molecule has 14 nitrogen and oxygen atoms in total. The molecule has 4 aromatic rings. The number of aromatic nitrogens is 4. The summed E-state index contributed by atoms with van der Waals surface area (Å²) in [6.45, 7) is 16.3. The number of carbonyl (C=O) groups is 3. The Morgan fingerprint density at radius 1 is 0.947 bits per heavy atom. The lowest BCUT2D eigenvalue weighted by molar-refractivity contribution is -0.0171. The molecule has 0 radical (unpaired) electrons. The molecule has 0 spiro atoms. The first kappa shape index (κ1) is 41.9. The third-order valence-electron chi connectivity index (χ3n) is 9.55. The molecule has 15 heteroatoms. The molecule has 0 unspecified atom stereocenters. The molecule has 0 atom stereocenters. The zero-order valence-corrected chi connectivity index (χ0v) is 35.0. The van der Waals surface area contributed by atoms with E-state index in [-0.39, 0.29) is 23.9 Å². The van der Waals surface area contributed by atoms with Gasteiger partial charge in [-0.2, -0.15) is 0 Å². The minimum atomic E-state index is -0.709. The maximum Gasteiger partial charge on any atom is 0.416 e. The van der Waals surface area contributed by atoms with Crippen LogP contribution in [0.5, 0.6) is 0 Å². The zero-order chi connectivity index (χ0) is 40.7. The Hall–Kier alpha value is -4.73. The first-order valence-electron chi connectivity index (χ1n) is 20.0. The topological polar surface area (TPSA) is 161 Å². The summed E-state index contributed by atoms with van der Waals surface area (Å²) in [4.78, 5) is 63.5. The molecule has 2 N–H and O–H groups in total. The fraction of sp³-hybridized carbons (Fsp3) is 0.548. The van der Waals surface area contributed by atoms with E-state index in [9.17, 15) is 14.4 Å². The van der Waals surface area contributed by atoms with Gasteiger partial charge in [-0.05, 0) is 110 Å². The maximum absolute atomic E-state index is 14.1. The van der Waals surface area contributed by atoms with E-state index < -0.39 is 23.2 Å². The zero-order valence-electron chi connectivity index (χ0n) is 34.2. The Balaban J connectivity index is 1.18. The second kappa shape index (κ2) is 18.2. The normalized spacial score (nSPS) is 15.7. The van der Waals surface area contributed by atoms with Gasteiger partial charge in [-0.1, -0.05) is 36.8 Å². The first-order valence-corrected chi connectivity index (χ1v) is 20.8. The van der Waals surface area contributed by atoms with E-state index >= 15 is 0 Å². The number of thiazole rings is 1. The molecular weight excluding hydrogens is 745 g/mol. The van der Waals surface area contributed by atoms with Crippen LogP contribution >= 0.6 is 11.3 Å². The summed E-state index contributed by atoms with van der Waals surface area (Å²) in [5, 5.41) is 7.14. The van der Waals surface area contributed by atoms with Gasteiger partial charge in [0.05, 0.1) is 18.4 Å². The average Bonchev–Trinajstić information content (AvgIpc) is 3.59. The van der Waals surface area contributed by atoms with Gasteiger partial charge in [0.25, 0.3) is 5.91 Å². The molecule has 2 saturated heterocycles. The number of fused-ring (bicyclic) bond motifs is 1. The number of amides is 3. The fourth-order valence-electron chi connectivity index (χ4n) is 6.74. The number of para-hydroxylation sites is 1. The number of nitrogens with one attached hydrogen (secondary N) is 2. The molecule has 0 aliphatic carbocycles. The molecule has 0 bridgehead atoms. The van der Waals surface area contributed by atoms with Crippen molar-refractivity contribution in [2.24, 2.45) is 0 Å². The number of anilines is 2. The number of piperidine rings is 2. The number of unbranched alkanes of at least 4 members (excludes halogenated alkanes) is 1. The van der Waals surface area contributed by atoms with Crippen molar-refractivity contribution < 1.29 is 28.6 Å². The molecule has 3 aromatic heterocycles. The molecule has 2 aliphatic rings. The predicted molar refractivity (Wildman–Crippen MR) is 222 cm³/mol. The van der Waals surface area contributed by atoms with Crippen LogP contribution in [0.1, 0.15) is 109 Å². The lowest BCUT2D eigenvalue weighted by Gasteiger charge is -2.35. The summed E-state index contributed by atoms with van der Waals surface area (Å²) >= 11 is 1.44. The number of benzene rings is 1. The third-order valence-corrected chi connectivity index (χ3v) is 10.6. The standard InChI is InChI=1S/C42H56N8O6S/c1-8-9-14-34-45-32(24-35(48-34)50(28-15-19-43-20-16-28)40(53)56-42(5,6)7)36(51)46-31-13-11-10-12-30(31)37-47-33-23-27(25-44-38(33)57-37)26-54-29-17-21-49(22-18-29)39(52)55-41(2,3)4/h10-13,23-25,28-29,43H,8-9,14-22,26H2,1-7H3,(H,46,51). The Morgan fingerprint density at radius 2 is 1.67 bits per heavy atom. The summed E-state index contributed by atoms with van der Waals surface area (Å²) in [6, 6.07) is 10.9. The second-order valence-electron chi connectivity index (χ2n) is 16.6. The van der Waals surface area contributed by atoms with Crippen LogP contribution in [0.25, 0.3) is 20.9 Å². The SMILES string of the molecule is CCCCc1nc(C(=O)Nc2ccccc2-c2nc3cc(COC4CCN(C(=O)OC(C)(C)C)CC4)cnc3s2)cc(N(C(=O)OC(C)(C)C)C2CCNCC2)n1. The number of likely N-dealkylation sites (tertiary alicyclic amines) is 1. The van der Waals surface area contributed by atoms with Crippen LogP contribution in [0.15, 0.2) is 42.6 Å². The molecule has 2 fully saturated rings. The highest BCUT2D eigenvalue weighted by molar-refractivity contribution is 7.21. The Morgan fingerprint density at radius 3 is 2.37 bits per heavy atom. The molecule has 0 saturated carbocycles. The molecule has 57 heavy (non-hydrogen) atoms. The van der Waals surface area contributed by atoms with Crippen LogP contribution in [0.3, 0.4) is 0 Å². The van der Waals surface area contributed by atoms with Crippen molar-refractivity contribution in [3.05, 3.63) is 59.7 Å². The van der Waals surface area contributed by atoms with Crippen molar-refractivity contribution in [2.75, 3.05) is 36.4 Å². The predicted octanol–water partition coefficient (Wildman–Crippen LogP) is 8.15. The van der Waals surface area contributed by atoms with Crippen molar-refractivity contribution in [1.29, 1.82) is 0 Å². The number of nitrogens with zero attached hydrogens (tertiary/aromatic N) is 6. The van der Waals surface area contributed by atoms with Gasteiger partial charge in [0.1, 0.15) is 43.9 Å². The summed E-state index contributed by atoms with van der Waals surface area (Å²) in [5.74, 6) is 0.437. The quantitative estimate of drug-likeness (QED) is 0.151. The van der Waals surface area contributed by atoms with E-state index in [0.29, 0.717) is 48.5 Å². The number of pyridine rings is 1. The highest BCUT2D eigenvalue weighted by Crippen LogP contribution is 2.35. The van der Waals surface area contributed by atoms with E-state index in [0.717, 1.165) is 73.1 Å². The third kappa shape index (κ3) is 11.4. The number of ether oxygens (including phenoxy) is 3. The fourth-order valence-corrected chi connectivity index (χ4v) is 7.67. The highest BCUT2D eigenvalue weighted by Gasteiger charge is 2.33. The summed E-state index contributed by atoms with van der Waals surface area (Å²) < 4.78 is 17.6. The van der Waals surface area contributed by atoms with E-state index in [4.69, 9.17) is 24.2 Å². The van der Waals surface area contributed by atoms with Gasteiger partial charge in [-0.25, -0.2) is 29.5 Å². The van der Waals surface area contributed by atoms with Crippen LogP contribution < -0.4 is 15.5 Å². The molecule has 3 amide bonds. The largest absolute Gasteiger partial charge is 0.444 e. The van der Waals surface area contributed by atoms with Gasteiger partial charge >= 0.3 is 12.2 Å². The number of aryl methyl sites for hydroxylation is 1. The van der Waals surface area contributed by atoms with E-state index in [2.05, 4.69) is 27.5 Å². The Bertz CT molecular complexity index is 2030. The second-order valence-corrected chi connectivity index (χ2v) is 17.6. The van der Waals surface area contributed by atoms with E-state index in [1.165, 1.54) is 11.3 Å². The van der Waals surface area contributed by atoms with Crippen molar-refractivity contribution in [1.82, 2.24) is 30.2 Å². The molecule has 1 aromatic carbocycles. The van der Waals surface area contributed by atoms with Crippen molar-refractivity contribution in [3.8, 4) is 10.6 Å². The molecule has 5 heterocycles. The van der Waals surface area contributed by atoms with Crippen molar-refractivity contribution in [3.63, 3.8) is 0 Å². The summed E-state index contributed by atoms with van der Waals surface area (Å²) in [5.41, 5.74) is 1.88. The van der Waals surface area contributed by atoms with Gasteiger partial charge in [0.2, 0.25) is 0 Å². The van der Waals surface area contributed by atoms with Gasteiger partial charge in [-0.3, -0.25) is 9.69 Å². The van der Waals surface area contributed by atoms with Crippen LogP contribution in [0.2, 0.25) is 0 Å². The van der Waals surface area contributed by atoms with Gasteiger partial charge in [-0.15, -0.1) is 0 Å². The van der Waals surface area contributed by atoms with Crippen LogP contribution in [0.4, 0.5) is 21.1 Å². The van der Waals surface area contributed by atoms with Crippen molar-refractivity contribution in [2.45, 2.75) is 123 Å². The lowest BCUT2D eigenvalue weighted by atomic mass is 10.0. The Kier molecular flexibility index (Phi) is 13.4. The molecule has 2 aliphatic heterocycles. The smallest absolute Gasteiger partial charge is 0.416 e. The number of hydrogen-bond donors (Lipinski definition) is 2. The Labute approximate surface area is 339 Å². The minimum absolute atomic E-state index is 0.0273. The first-order chi connectivity index (χ1) is 27.2. The monoisotopic (exact) mass is 800 g/mol. The van der Waals surface area contributed by atoms with Crippen LogP contribution in [0, 0.1) is 0 Å². The van der Waals surface area contributed by atoms with E-state index in [1.807, 2.05) is 71.9 Å². The highest BCUT2D eigenvalue weighted by atomic mass is 32.1. The molecule has 306 valence electrons. The van der Waals surface area contributed by atoms with Crippen molar-refractivity contribution >= 4 is 51.3 Å². The van der Waals surface area contributed by atoms with Crippen LogP contribution in [-0.2, 0) is 27.2 Å². The minimum Gasteiger partial charge on any atom is -0.444 e. The lowest BCUT2D eigenvalue weighted by Crippen LogP contribution is -2.48. The summed E-state index contributed by atoms with van der Waals surface area (Å²) in [7, 11) is 0. The molecule has 6 rings (SSSR count). The number of carbonyl (C=O) groups excluding carboxylic acids is 3. The molecular formula is C42H56N8O6S. The average molecular weight is 801 g/mol. The van der Waals surface area contributed by atoms with Gasteiger partial charge in [0.15, 0.2) is 0 Å². The van der Waals surface area contributed by atoms with Gasteiger partial charge < -0.3 is 29.7 Å². The number of rotatable bonds is 11. The van der Waals surface area contributed by atoms with Gasteiger partial charge in [0, 0.05) is 43.4 Å². The van der Waals surface area contributed by atoms with Crippen LogP contribution in [-0.4, -0.2) is 92.5 Å². The van der Waals surface area contributed by atoms with E-state index in [1.54, 1.807) is 22.1 Å². The maximum atomic E-state index is 14.1.